The molecule has 0 spiro atoms. The molecule has 12 heavy (non-hydrogen) atoms. The van der Waals surface area contributed by atoms with Crippen LogP contribution in [0.5, 0.6) is 0 Å². The van der Waals surface area contributed by atoms with Crippen LogP contribution in [0.15, 0.2) is 12.7 Å². The summed E-state index contributed by atoms with van der Waals surface area (Å²) in [5.41, 5.74) is 5.71. The Morgan fingerprint density at radius 3 is 3.00 bits per heavy atom. The maximum Gasteiger partial charge on any atom is 0.0660 e. The van der Waals surface area contributed by atoms with E-state index in [0.29, 0.717) is 6.54 Å². The van der Waals surface area contributed by atoms with Crippen LogP contribution in [0.1, 0.15) is 12.8 Å². The summed E-state index contributed by atoms with van der Waals surface area (Å²) < 4.78 is 5.40. The summed E-state index contributed by atoms with van der Waals surface area (Å²) in [7, 11) is 0. The average Bonchev–Trinajstić information content (AvgIpc) is 2.16. The molecule has 0 radical (unpaired) electrons. The third-order valence-electron chi connectivity index (χ3n) is 2.33. The van der Waals surface area contributed by atoms with E-state index in [9.17, 15) is 0 Å². The Morgan fingerprint density at radius 2 is 2.50 bits per heavy atom. The Labute approximate surface area is 74.0 Å². The minimum absolute atomic E-state index is 0.00639. The van der Waals surface area contributed by atoms with Gasteiger partial charge < -0.3 is 15.8 Å². The van der Waals surface area contributed by atoms with Crippen molar-refractivity contribution in [2.75, 3.05) is 26.3 Å². The van der Waals surface area contributed by atoms with Gasteiger partial charge in [-0.25, -0.2) is 0 Å². The zero-order chi connectivity index (χ0) is 8.86. The van der Waals surface area contributed by atoms with Gasteiger partial charge in [0.2, 0.25) is 0 Å². The molecule has 0 aromatic carbocycles. The van der Waals surface area contributed by atoms with E-state index in [0.717, 1.165) is 32.6 Å². The summed E-state index contributed by atoms with van der Waals surface area (Å²) in [6.07, 6.45) is 4.06. The maximum absolute atomic E-state index is 5.70. The summed E-state index contributed by atoms with van der Waals surface area (Å²) in [5, 5.41) is 3.37. The molecule has 1 aliphatic heterocycles. The van der Waals surface area contributed by atoms with Crippen LogP contribution < -0.4 is 11.1 Å². The van der Waals surface area contributed by atoms with E-state index < -0.39 is 0 Å². The van der Waals surface area contributed by atoms with Crippen LogP contribution >= 0.6 is 0 Å². The van der Waals surface area contributed by atoms with Crippen molar-refractivity contribution in [3.05, 3.63) is 12.7 Å². The number of ether oxygens (including phenoxy) is 1. The van der Waals surface area contributed by atoms with Crippen LogP contribution in [0.25, 0.3) is 0 Å². The Kier molecular flexibility index (Phi) is 3.72. The van der Waals surface area contributed by atoms with Crippen molar-refractivity contribution in [3.8, 4) is 0 Å². The second-order valence-corrected chi connectivity index (χ2v) is 3.31. The molecule has 1 heterocycles. The first-order valence-corrected chi connectivity index (χ1v) is 4.47. The molecule has 70 valence electrons. The Balaban J connectivity index is 2.41. The van der Waals surface area contributed by atoms with Crippen LogP contribution in [-0.4, -0.2) is 31.8 Å². The molecule has 0 amide bonds. The second-order valence-electron chi connectivity index (χ2n) is 3.31. The van der Waals surface area contributed by atoms with Gasteiger partial charge in [-0.3, -0.25) is 0 Å². The van der Waals surface area contributed by atoms with Gasteiger partial charge in [0.15, 0.2) is 0 Å². The van der Waals surface area contributed by atoms with Crippen LogP contribution in [0, 0.1) is 0 Å². The molecule has 1 saturated heterocycles. The lowest BCUT2D eigenvalue weighted by atomic mass is 9.92. The molecule has 3 nitrogen and oxygen atoms in total. The first-order chi connectivity index (χ1) is 5.83. The predicted molar refractivity (Wildman–Crippen MR) is 50.0 cm³/mol. The molecule has 1 aliphatic rings. The predicted octanol–water partition coefficient (Wildman–Crippen LogP) is 0.270. The third-order valence-corrected chi connectivity index (χ3v) is 2.33. The number of nitrogens with one attached hydrogen (secondary N) is 1. The fourth-order valence-electron chi connectivity index (χ4n) is 1.51. The zero-order valence-electron chi connectivity index (χ0n) is 7.51. The average molecular weight is 170 g/mol. The van der Waals surface area contributed by atoms with E-state index in [1.807, 2.05) is 6.08 Å². The first kappa shape index (κ1) is 9.71. The minimum atomic E-state index is 0.00639. The SMILES string of the molecule is C=CCNC1(CN)CCCOC1. The number of rotatable bonds is 4. The molecule has 0 aromatic rings. The van der Waals surface area contributed by atoms with Crippen molar-refractivity contribution in [2.24, 2.45) is 5.73 Å². The summed E-state index contributed by atoms with van der Waals surface area (Å²) in [5.74, 6) is 0. The monoisotopic (exact) mass is 170 g/mol. The van der Waals surface area contributed by atoms with Gasteiger partial charge in [0.25, 0.3) is 0 Å². The summed E-state index contributed by atoms with van der Waals surface area (Å²) in [6, 6.07) is 0. The van der Waals surface area contributed by atoms with Crippen molar-refractivity contribution < 1.29 is 4.74 Å². The van der Waals surface area contributed by atoms with Crippen molar-refractivity contribution >= 4 is 0 Å². The van der Waals surface area contributed by atoms with Gasteiger partial charge in [0, 0.05) is 19.7 Å². The Hall–Kier alpha value is -0.380. The Morgan fingerprint density at radius 1 is 1.67 bits per heavy atom. The molecule has 1 fully saturated rings. The van der Waals surface area contributed by atoms with E-state index in [1.165, 1.54) is 0 Å². The molecule has 1 atom stereocenters. The van der Waals surface area contributed by atoms with Gasteiger partial charge in [-0.05, 0) is 12.8 Å². The first-order valence-electron chi connectivity index (χ1n) is 4.47. The normalized spacial score (nSPS) is 30.1. The minimum Gasteiger partial charge on any atom is -0.379 e. The quantitative estimate of drug-likeness (QED) is 0.595. The molecule has 0 aromatic heterocycles. The molecular formula is C9H18N2O. The van der Waals surface area contributed by atoms with Gasteiger partial charge in [-0.15, -0.1) is 6.58 Å². The van der Waals surface area contributed by atoms with Gasteiger partial charge in [0.05, 0.1) is 12.1 Å². The molecule has 3 heteroatoms. The van der Waals surface area contributed by atoms with Gasteiger partial charge >= 0.3 is 0 Å². The van der Waals surface area contributed by atoms with Crippen molar-refractivity contribution in [3.63, 3.8) is 0 Å². The highest BCUT2D eigenvalue weighted by Crippen LogP contribution is 2.17. The fourth-order valence-corrected chi connectivity index (χ4v) is 1.51. The zero-order valence-corrected chi connectivity index (χ0v) is 7.51. The number of hydrogen-bond acceptors (Lipinski definition) is 3. The van der Waals surface area contributed by atoms with E-state index in [-0.39, 0.29) is 5.54 Å². The summed E-state index contributed by atoms with van der Waals surface area (Å²) >= 11 is 0. The lowest BCUT2D eigenvalue weighted by Gasteiger charge is -2.36. The summed E-state index contributed by atoms with van der Waals surface area (Å²) in [4.78, 5) is 0. The highest BCUT2D eigenvalue weighted by atomic mass is 16.5. The van der Waals surface area contributed by atoms with E-state index >= 15 is 0 Å². The topological polar surface area (TPSA) is 47.3 Å². The van der Waals surface area contributed by atoms with E-state index in [1.54, 1.807) is 0 Å². The molecule has 3 N–H and O–H groups in total. The second kappa shape index (κ2) is 4.60. The number of nitrogens with two attached hydrogens (primary N) is 1. The summed E-state index contributed by atoms with van der Waals surface area (Å²) in [6.45, 7) is 6.72. The highest BCUT2D eigenvalue weighted by Gasteiger charge is 2.30. The molecule has 0 saturated carbocycles. The van der Waals surface area contributed by atoms with Gasteiger partial charge in [0.1, 0.15) is 0 Å². The molecule has 1 unspecified atom stereocenters. The van der Waals surface area contributed by atoms with Crippen LogP contribution in [0.4, 0.5) is 0 Å². The molecular weight excluding hydrogens is 152 g/mol. The standard InChI is InChI=1S/C9H18N2O/c1-2-5-11-9(7-10)4-3-6-12-8-9/h2,11H,1,3-8,10H2. The van der Waals surface area contributed by atoms with Crippen LogP contribution in [0.3, 0.4) is 0 Å². The number of hydrogen-bond donors (Lipinski definition) is 2. The maximum atomic E-state index is 5.70. The molecule has 0 bridgehead atoms. The smallest absolute Gasteiger partial charge is 0.0660 e. The third kappa shape index (κ3) is 2.30. The van der Waals surface area contributed by atoms with Crippen molar-refractivity contribution in [1.29, 1.82) is 0 Å². The van der Waals surface area contributed by atoms with Crippen LogP contribution in [-0.2, 0) is 4.74 Å². The van der Waals surface area contributed by atoms with E-state index in [2.05, 4.69) is 11.9 Å². The molecule has 0 aliphatic carbocycles. The van der Waals surface area contributed by atoms with Crippen LogP contribution in [0.2, 0.25) is 0 Å². The Bertz CT molecular complexity index is 141. The highest BCUT2D eigenvalue weighted by molar-refractivity contribution is 4.93. The van der Waals surface area contributed by atoms with E-state index in [4.69, 9.17) is 10.5 Å². The van der Waals surface area contributed by atoms with Crippen molar-refractivity contribution in [2.45, 2.75) is 18.4 Å². The fraction of sp³-hybridized carbons (Fsp3) is 0.778. The lowest BCUT2D eigenvalue weighted by Crippen LogP contribution is -2.56. The lowest BCUT2D eigenvalue weighted by molar-refractivity contribution is 0.0258. The molecule has 1 rings (SSSR count). The largest absolute Gasteiger partial charge is 0.379 e. The van der Waals surface area contributed by atoms with Crippen molar-refractivity contribution in [1.82, 2.24) is 5.32 Å². The van der Waals surface area contributed by atoms with Gasteiger partial charge in [-0.2, -0.15) is 0 Å². The van der Waals surface area contributed by atoms with Gasteiger partial charge in [-0.1, -0.05) is 6.08 Å².